The van der Waals surface area contributed by atoms with Gasteiger partial charge in [0.05, 0.1) is 17.8 Å². The minimum Gasteiger partial charge on any atom is -0.303 e. The number of hydrogen-bond acceptors (Lipinski definition) is 4. The second-order valence-corrected chi connectivity index (χ2v) is 3.58. The van der Waals surface area contributed by atoms with E-state index in [1.54, 1.807) is 17.9 Å². The van der Waals surface area contributed by atoms with Gasteiger partial charge in [-0.05, 0) is 6.92 Å². The molecule has 0 aliphatic carbocycles. The molecular weight excluding hydrogens is 210 g/mol. The zero-order chi connectivity index (χ0) is 11.7. The highest BCUT2D eigenvalue weighted by Crippen LogP contribution is 1.94. The Morgan fingerprint density at radius 3 is 2.75 bits per heavy atom. The van der Waals surface area contributed by atoms with Crippen LogP contribution in [0.2, 0.25) is 0 Å². The smallest absolute Gasteiger partial charge is 0.303 e. The Bertz CT molecular complexity index is 621. The van der Waals surface area contributed by atoms with Crippen LogP contribution in [0.4, 0.5) is 0 Å². The maximum atomic E-state index is 11.5. The lowest BCUT2D eigenvalue weighted by molar-refractivity contribution is 0.633. The van der Waals surface area contributed by atoms with E-state index in [1.165, 1.54) is 10.8 Å². The van der Waals surface area contributed by atoms with Crippen molar-refractivity contribution in [3.05, 3.63) is 44.5 Å². The van der Waals surface area contributed by atoms with Crippen LogP contribution in [0, 0.1) is 6.92 Å². The Balaban J connectivity index is 2.39. The van der Waals surface area contributed by atoms with Crippen molar-refractivity contribution in [2.75, 3.05) is 0 Å². The quantitative estimate of drug-likeness (QED) is 0.706. The van der Waals surface area contributed by atoms with Gasteiger partial charge in [0, 0.05) is 19.4 Å². The fourth-order valence-corrected chi connectivity index (χ4v) is 1.38. The van der Waals surface area contributed by atoms with Gasteiger partial charge in [-0.15, -0.1) is 5.10 Å². The molecule has 0 unspecified atom stereocenters. The molecule has 0 aliphatic heterocycles. The second-order valence-electron chi connectivity index (χ2n) is 3.58. The zero-order valence-electron chi connectivity index (χ0n) is 8.97. The maximum absolute atomic E-state index is 11.5. The monoisotopic (exact) mass is 221 g/mol. The fourth-order valence-electron chi connectivity index (χ4n) is 1.38. The molecule has 0 spiro atoms. The highest BCUT2D eigenvalue weighted by molar-refractivity contribution is 5.05. The van der Waals surface area contributed by atoms with Crippen molar-refractivity contribution in [3.63, 3.8) is 0 Å². The van der Waals surface area contributed by atoms with Crippen LogP contribution in [0.5, 0.6) is 0 Å². The number of nitrogens with one attached hydrogen (secondary N) is 1. The van der Waals surface area contributed by atoms with Gasteiger partial charge in [-0.3, -0.25) is 9.78 Å². The molecule has 0 saturated heterocycles. The Labute approximate surface area is 90.4 Å². The fraction of sp³-hybridized carbons (Fsp3) is 0.333. The van der Waals surface area contributed by atoms with Crippen molar-refractivity contribution in [2.24, 2.45) is 7.05 Å². The molecule has 7 nitrogen and oxygen atoms in total. The number of aromatic amines is 1. The summed E-state index contributed by atoms with van der Waals surface area (Å²) in [6.45, 7) is 2.11. The third kappa shape index (κ3) is 1.92. The first-order valence-corrected chi connectivity index (χ1v) is 4.72. The van der Waals surface area contributed by atoms with Crippen molar-refractivity contribution in [1.29, 1.82) is 0 Å². The van der Waals surface area contributed by atoms with Crippen LogP contribution < -0.4 is 11.2 Å². The maximum Gasteiger partial charge on any atom is 0.328 e. The summed E-state index contributed by atoms with van der Waals surface area (Å²) in [5.41, 5.74) is 0.424. The molecular formula is C9H11N5O2. The van der Waals surface area contributed by atoms with Crippen LogP contribution in [-0.4, -0.2) is 24.5 Å². The summed E-state index contributed by atoms with van der Waals surface area (Å²) in [7, 11) is 1.58. The average molecular weight is 221 g/mol. The topological polar surface area (TPSA) is 85.6 Å². The van der Waals surface area contributed by atoms with Gasteiger partial charge < -0.3 is 4.57 Å². The van der Waals surface area contributed by atoms with E-state index in [0.29, 0.717) is 12.1 Å². The van der Waals surface area contributed by atoms with E-state index in [4.69, 9.17) is 0 Å². The first-order chi connectivity index (χ1) is 7.56. The molecule has 2 aromatic heterocycles. The van der Waals surface area contributed by atoms with Gasteiger partial charge in [-0.1, -0.05) is 5.21 Å². The first-order valence-electron chi connectivity index (χ1n) is 4.72. The van der Waals surface area contributed by atoms with Gasteiger partial charge in [0.2, 0.25) is 0 Å². The van der Waals surface area contributed by atoms with Crippen molar-refractivity contribution >= 4 is 0 Å². The van der Waals surface area contributed by atoms with Gasteiger partial charge in [0.25, 0.3) is 5.56 Å². The molecule has 2 rings (SSSR count). The highest BCUT2D eigenvalue weighted by atomic mass is 16.2. The molecule has 2 heterocycles. The molecule has 7 heteroatoms. The predicted molar refractivity (Wildman–Crippen MR) is 56.2 cm³/mol. The molecule has 0 aromatic carbocycles. The lowest BCUT2D eigenvalue weighted by atomic mass is 10.3. The number of nitrogens with zero attached hydrogens (tertiary/aromatic N) is 4. The number of rotatable bonds is 2. The molecule has 0 aliphatic rings. The van der Waals surface area contributed by atoms with E-state index in [9.17, 15) is 9.59 Å². The van der Waals surface area contributed by atoms with Crippen molar-refractivity contribution < 1.29 is 0 Å². The minimum atomic E-state index is -0.427. The molecule has 2 aromatic rings. The average Bonchev–Trinajstić information content (AvgIpc) is 2.60. The molecule has 16 heavy (non-hydrogen) atoms. The largest absolute Gasteiger partial charge is 0.328 e. The number of aryl methyl sites for hydroxylation is 2. The summed E-state index contributed by atoms with van der Waals surface area (Å²) < 4.78 is 2.87. The number of H-pyrrole nitrogens is 1. The molecule has 0 radical (unpaired) electrons. The summed E-state index contributed by atoms with van der Waals surface area (Å²) in [5, 5.41) is 7.65. The third-order valence-corrected chi connectivity index (χ3v) is 2.17. The molecule has 0 bridgehead atoms. The minimum absolute atomic E-state index is 0.296. The van der Waals surface area contributed by atoms with Crippen LogP contribution in [-0.2, 0) is 13.6 Å². The third-order valence-electron chi connectivity index (χ3n) is 2.17. The summed E-state index contributed by atoms with van der Waals surface area (Å²) in [6, 6.07) is 0. The number of aromatic nitrogens is 5. The predicted octanol–water partition coefficient (Wildman–Crippen LogP) is -0.978. The van der Waals surface area contributed by atoms with Gasteiger partial charge in [0.15, 0.2) is 0 Å². The normalized spacial score (nSPS) is 10.6. The molecule has 84 valence electrons. The van der Waals surface area contributed by atoms with Gasteiger partial charge in [-0.25, -0.2) is 9.48 Å². The van der Waals surface area contributed by atoms with Crippen molar-refractivity contribution in [2.45, 2.75) is 13.5 Å². The van der Waals surface area contributed by atoms with Crippen LogP contribution in [0.15, 0.2) is 22.0 Å². The molecule has 0 amide bonds. The van der Waals surface area contributed by atoms with Gasteiger partial charge >= 0.3 is 5.69 Å². The van der Waals surface area contributed by atoms with Crippen LogP contribution >= 0.6 is 0 Å². The Kier molecular flexibility index (Phi) is 2.43. The second kappa shape index (κ2) is 3.76. The van der Waals surface area contributed by atoms with E-state index >= 15 is 0 Å². The van der Waals surface area contributed by atoms with Gasteiger partial charge in [0.1, 0.15) is 0 Å². The Morgan fingerprint density at radius 2 is 2.12 bits per heavy atom. The van der Waals surface area contributed by atoms with Crippen LogP contribution in [0.1, 0.15) is 11.3 Å². The molecule has 0 saturated carbocycles. The van der Waals surface area contributed by atoms with Crippen molar-refractivity contribution in [3.8, 4) is 0 Å². The van der Waals surface area contributed by atoms with Crippen molar-refractivity contribution in [1.82, 2.24) is 24.5 Å². The van der Waals surface area contributed by atoms with Crippen LogP contribution in [0.25, 0.3) is 0 Å². The summed E-state index contributed by atoms with van der Waals surface area (Å²) in [5.74, 6) is 0. The standard InChI is InChI=1S/C9H11N5O2/c1-6-3-14(12-11-6)5-7-4-13(2)9(16)10-8(7)15/h3-4H,5H2,1-2H3,(H,10,15,16). The van der Waals surface area contributed by atoms with E-state index in [1.807, 2.05) is 6.92 Å². The van der Waals surface area contributed by atoms with Gasteiger partial charge in [-0.2, -0.15) is 0 Å². The van der Waals surface area contributed by atoms with E-state index in [-0.39, 0.29) is 0 Å². The molecule has 1 N–H and O–H groups in total. The first kappa shape index (κ1) is 10.3. The zero-order valence-corrected chi connectivity index (χ0v) is 8.97. The SMILES string of the molecule is Cc1cn(Cc2cn(C)c(=O)[nH]c2=O)nn1. The summed E-state index contributed by atoms with van der Waals surface area (Å²) in [4.78, 5) is 24.8. The molecule has 0 fully saturated rings. The Hall–Kier alpha value is -2.18. The van der Waals surface area contributed by atoms with E-state index in [0.717, 1.165) is 5.69 Å². The highest BCUT2D eigenvalue weighted by Gasteiger charge is 2.04. The Morgan fingerprint density at radius 1 is 1.38 bits per heavy atom. The lowest BCUT2D eigenvalue weighted by Gasteiger charge is -2.01. The molecule has 0 atom stereocenters. The number of hydrogen-bond donors (Lipinski definition) is 1. The summed E-state index contributed by atoms with van der Waals surface area (Å²) >= 11 is 0. The van der Waals surface area contributed by atoms with Crippen LogP contribution in [0.3, 0.4) is 0 Å². The van der Waals surface area contributed by atoms with E-state index < -0.39 is 11.2 Å². The van der Waals surface area contributed by atoms with E-state index in [2.05, 4.69) is 15.3 Å². The summed E-state index contributed by atoms with van der Waals surface area (Å²) in [6.07, 6.45) is 3.22. The lowest BCUT2D eigenvalue weighted by Crippen LogP contribution is -2.30.